The lowest BCUT2D eigenvalue weighted by Crippen LogP contribution is -2.55. The van der Waals surface area contributed by atoms with E-state index in [-0.39, 0.29) is 11.3 Å². The molecule has 0 aliphatic heterocycles. The van der Waals surface area contributed by atoms with E-state index in [4.69, 9.17) is 4.74 Å². The normalized spacial score (nSPS) is 33.1. The number of aliphatic hydroxyl groups excluding tert-OH is 1. The molecule has 1 aromatic rings. The van der Waals surface area contributed by atoms with Crippen molar-refractivity contribution in [1.82, 2.24) is 0 Å². The van der Waals surface area contributed by atoms with E-state index in [1.165, 1.54) is 19.3 Å². The fourth-order valence-electron chi connectivity index (χ4n) is 6.00. The van der Waals surface area contributed by atoms with Gasteiger partial charge in [-0.1, -0.05) is 19.4 Å². The van der Waals surface area contributed by atoms with Gasteiger partial charge < -0.3 is 15.2 Å². The predicted molar refractivity (Wildman–Crippen MR) is 102 cm³/mol. The largest absolute Gasteiger partial charge is 0.494 e. The van der Waals surface area contributed by atoms with Crippen molar-refractivity contribution in [3.63, 3.8) is 0 Å². The van der Waals surface area contributed by atoms with Crippen molar-refractivity contribution in [2.45, 2.75) is 64.4 Å². The molecule has 0 spiro atoms. The molecule has 4 nitrogen and oxygen atoms in total. The Kier molecular flexibility index (Phi) is 4.96. The number of ether oxygens (including phenoxy) is 1. The molecular formula is C22H31NO3. The number of carbonyl (C=O) groups is 1. The van der Waals surface area contributed by atoms with Crippen LogP contribution in [0.15, 0.2) is 24.3 Å². The van der Waals surface area contributed by atoms with Crippen molar-refractivity contribution >= 4 is 11.6 Å². The Labute approximate surface area is 156 Å². The second-order valence-electron chi connectivity index (χ2n) is 8.90. The summed E-state index contributed by atoms with van der Waals surface area (Å²) < 4.78 is 5.72. The van der Waals surface area contributed by atoms with E-state index >= 15 is 0 Å². The van der Waals surface area contributed by atoms with E-state index < -0.39 is 6.10 Å². The van der Waals surface area contributed by atoms with Gasteiger partial charge in [-0.2, -0.15) is 0 Å². The van der Waals surface area contributed by atoms with Crippen LogP contribution in [-0.4, -0.2) is 23.7 Å². The summed E-state index contributed by atoms with van der Waals surface area (Å²) in [6, 6.07) is 7.49. The van der Waals surface area contributed by atoms with Crippen LogP contribution in [0.3, 0.4) is 0 Å². The molecule has 1 atom stereocenters. The second-order valence-corrected chi connectivity index (χ2v) is 8.90. The van der Waals surface area contributed by atoms with E-state index in [0.29, 0.717) is 12.3 Å². The van der Waals surface area contributed by atoms with Crippen LogP contribution in [0, 0.1) is 23.2 Å². The molecule has 5 rings (SSSR count). The van der Waals surface area contributed by atoms with Crippen molar-refractivity contribution in [2.75, 3.05) is 11.9 Å². The van der Waals surface area contributed by atoms with Gasteiger partial charge in [0.25, 0.3) is 5.91 Å². The molecule has 1 aromatic carbocycles. The van der Waals surface area contributed by atoms with E-state index in [1.807, 2.05) is 24.3 Å². The molecule has 4 heteroatoms. The number of aliphatic hydroxyl groups is 1. The minimum atomic E-state index is -0.902. The number of rotatable bonds is 7. The molecule has 0 saturated heterocycles. The van der Waals surface area contributed by atoms with E-state index in [1.54, 1.807) is 0 Å². The summed E-state index contributed by atoms with van der Waals surface area (Å²) in [5.41, 5.74) is 0.515. The van der Waals surface area contributed by atoms with Crippen LogP contribution in [0.1, 0.15) is 58.3 Å². The quantitative estimate of drug-likeness (QED) is 0.712. The lowest BCUT2D eigenvalue weighted by molar-refractivity contribution is -0.150. The Morgan fingerprint density at radius 3 is 2.50 bits per heavy atom. The number of hydrogen-bond donors (Lipinski definition) is 2. The number of amides is 1. The monoisotopic (exact) mass is 357 g/mol. The third kappa shape index (κ3) is 3.48. The van der Waals surface area contributed by atoms with Gasteiger partial charge in [-0.3, -0.25) is 4.79 Å². The van der Waals surface area contributed by atoms with Crippen LogP contribution in [0.4, 0.5) is 5.69 Å². The summed E-state index contributed by atoms with van der Waals surface area (Å²) >= 11 is 0. The van der Waals surface area contributed by atoms with Gasteiger partial charge in [-0.15, -0.1) is 0 Å². The van der Waals surface area contributed by atoms with Crippen molar-refractivity contribution in [3.8, 4) is 5.75 Å². The lowest BCUT2D eigenvalue weighted by Gasteiger charge is -2.57. The third-order valence-electron chi connectivity index (χ3n) is 6.78. The Hall–Kier alpha value is -1.55. The zero-order valence-electron chi connectivity index (χ0n) is 15.7. The maximum Gasteiger partial charge on any atom is 0.253 e. The molecule has 142 valence electrons. The van der Waals surface area contributed by atoms with Crippen LogP contribution in [0.2, 0.25) is 0 Å². The summed E-state index contributed by atoms with van der Waals surface area (Å²) in [5.74, 6) is 2.68. The first-order chi connectivity index (χ1) is 12.6. The van der Waals surface area contributed by atoms with E-state index in [0.717, 1.165) is 55.6 Å². The van der Waals surface area contributed by atoms with Crippen molar-refractivity contribution in [1.29, 1.82) is 0 Å². The molecule has 26 heavy (non-hydrogen) atoms. The first-order valence-corrected chi connectivity index (χ1v) is 10.3. The van der Waals surface area contributed by atoms with E-state index in [9.17, 15) is 9.90 Å². The van der Waals surface area contributed by atoms with Crippen LogP contribution in [-0.2, 0) is 4.79 Å². The number of nitrogens with one attached hydrogen (secondary N) is 1. The number of anilines is 1. The Morgan fingerprint density at radius 1 is 1.23 bits per heavy atom. The number of benzene rings is 1. The summed E-state index contributed by atoms with van der Waals surface area (Å²) in [5, 5.41) is 13.9. The van der Waals surface area contributed by atoms with Gasteiger partial charge in [-0.25, -0.2) is 0 Å². The lowest BCUT2D eigenvalue weighted by atomic mass is 9.48. The van der Waals surface area contributed by atoms with Gasteiger partial charge in [0.1, 0.15) is 11.9 Å². The van der Waals surface area contributed by atoms with Crippen LogP contribution in [0.5, 0.6) is 5.75 Å². The fourth-order valence-corrected chi connectivity index (χ4v) is 6.00. The molecule has 0 heterocycles. The molecule has 0 aromatic heterocycles. The first kappa shape index (κ1) is 17.8. The van der Waals surface area contributed by atoms with Gasteiger partial charge >= 0.3 is 0 Å². The maximum atomic E-state index is 12.8. The Bertz CT molecular complexity index is 621. The standard InChI is InChI=1S/C22H31NO3/c1-2-3-7-26-19-6-4-5-18(11-19)23-21(25)20(24)22-12-15-8-16(13-22)10-17(9-15)14-22/h4-6,11,15-17,20,24H,2-3,7-10,12-14H2,1H3,(H,23,25). The third-order valence-corrected chi connectivity index (χ3v) is 6.78. The van der Waals surface area contributed by atoms with E-state index in [2.05, 4.69) is 12.2 Å². The Morgan fingerprint density at radius 2 is 1.88 bits per heavy atom. The van der Waals surface area contributed by atoms with Gasteiger partial charge in [0.15, 0.2) is 0 Å². The number of carbonyl (C=O) groups excluding carboxylic acids is 1. The highest BCUT2D eigenvalue weighted by Crippen LogP contribution is 2.61. The highest BCUT2D eigenvalue weighted by atomic mass is 16.5. The van der Waals surface area contributed by atoms with Crippen LogP contribution < -0.4 is 10.1 Å². The summed E-state index contributed by atoms with van der Waals surface area (Å²) in [7, 11) is 0. The van der Waals surface area contributed by atoms with Crippen molar-refractivity contribution < 1.29 is 14.6 Å². The minimum Gasteiger partial charge on any atom is -0.494 e. The van der Waals surface area contributed by atoms with Gasteiger partial charge in [-0.05, 0) is 74.8 Å². The molecule has 1 unspecified atom stereocenters. The molecule has 4 saturated carbocycles. The topological polar surface area (TPSA) is 58.6 Å². The SMILES string of the molecule is CCCCOc1cccc(NC(=O)C(O)C23CC4CC(CC(C4)C2)C3)c1. The van der Waals surface area contributed by atoms with Crippen LogP contribution >= 0.6 is 0 Å². The maximum absolute atomic E-state index is 12.8. The molecular weight excluding hydrogens is 326 g/mol. The van der Waals surface area contributed by atoms with Gasteiger partial charge in [0, 0.05) is 17.2 Å². The summed E-state index contributed by atoms with van der Waals surface area (Å²) in [6.45, 7) is 2.82. The fraction of sp³-hybridized carbons (Fsp3) is 0.682. The zero-order chi connectivity index (χ0) is 18.1. The van der Waals surface area contributed by atoms with Gasteiger partial charge in [0.05, 0.1) is 6.61 Å². The molecule has 4 aliphatic carbocycles. The summed E-state index contributed by atoms with van der Waals surface area (Å²) in [6.07, 6.45) is 8.20. The van der Waals surface area contributed by atoms with Crippen molar-refractivity contribution in [3.05, 3.63) is 24.3 Å². The minimum absolute atomic E-state index is 0.186. The molecule has 0 radical (unpaired) electrons. The molecule has 2 N–H and O–H groups in total. The number of unbranched alkanes of at least 4 members (excludes halogenated alkanes) is 1. The average Bonchev–Trinajstić information content (AvgIpc) is 2.60. The highest BCUT2D eigenvalue weighted by molar-refractivity contribution is 5.94. The smallest absolute Gasteiger partial charge is 0.253 e. The van der Waals surface area contributed by atoms with Crippen molar-refractivity contribution in [2.24, 2.45) is 23.2 Å². The summed E-state index contributed by atoms with van der Waals surface area (Å²) in [4.78, 5) is 12.8. The Balaban J connectivity index is 1.41. The second kappa shape index (κ2) is 7.22. The molecule has 1 amide bonds. The predicted octanol–water partition coefficient (Wildman–Crippen LogP) is 4.38. The average molecular weight is 357 g/mol. The first-order valence-electron chi connectivity index (χ1n) is 10.3. The molecule has 4 fully saturated rings. The highest BCUT2D eigenvalue weighted by Gasteiger charge is 2.55. The van der Waals surface area contributed by atoms with Gasteiger partial charge in [0.2, 0.25) is 0 Å². The van der Waals surface area contributed by atoms with Crippen LogP contribution in [0.25, 0.3) is 0 Å². The molecule has 4 aliphatic rings. The zero-order valence-corrected chi connectivity index (χ0v) is 15.7. The molecule has 4 bridgehead atoms. The number of hydrogen-bond acceptors (Lipinski definition) is 3.